The highest BCUT2D eigenvalue weighted by Crippen LogP contribution is 2.21. The van der Waals surface area contributed by atoms with Crippen LogP contribution in [0.25, 0.3) is 0 Å². The van der Waals surface area contributed by atoms with Crippen molar-refractivity contribution in [3.8, 4) is 0 Å². The molecule has 1 aromatic rings. The molecule has 0 amide bonds. The molecule has 88 valence electrons. The number of nitrogens with zero attached hydrogens (tertiary/aromatic N) is 1. The van der Waals surface area contributed by atoms with Crippen LogP contribution in [0.2, 0.25) is 0 Å². The maximum atomic E-state index is 10.6. The second kappa shape index (κ2) is 6.07. The number of hydrogen-bond acceptors (Lipinski definition) is 4. The van der Waals surface area contributed by atoms with Crippen molar-refractivity contribution in [3.05, 3.63) is 33.9 Å². The minimum absolute atomic E-state index is 0.101. The first kappa shape index (κ1) is 12.4. The summed E-state index contributed by atoms with van der Waals surface area (Å²) in [5.74, 6) is 0. The summed E-state index contributed by atoms with van der Waals surface area (Å²) in [4.78, 5) is 10.2. The van der Waals surface area contributed by atoms with E-state index in [4.69, 9.17) is 4.74 Å². The molecule has 1 N–H and O–H groups in total. The Balaban J connectivity index is 2.63. The van der Waals surface area contributed by atoms with E-state index in [1.807, 2.05) is 13.8 Å². The molecule has 0 radical (unpaired) electrons. The van der Waals surface area contributed by atoms with Gasteiger partial charge in [-0.3, -0.25) is 10.1 Å². The van der Waals surface area contributed by atoms with Gasteiger partial charge in [0.15, 0.2) is 0 Å². The van der Waals surface area contributed by atoms with Gasteiger partial charge in [-0.2, -0.15) is 0 Å². The fourth-order valence-electron chi connectivity index (χ4n) is 1.32. The fourth-order valence-corrected chi connectivity index (χ4v) is 1.32. The summed E-state index contributed by atoms with van der Waals surface area (Å²) in [7, 11) is 0. The number of nitro groups is 1. The molecule has 0 saturated heterocycles. The van der Waals surface area contributed by atoms with Gasteiger partial charge < -0.3 is 10.1 Å². The summed E-state index contributed by atoms with van der Waals surface area (Å²) in [5.41, 5.74) is 1.88. The lowest BCUT2D eigenvalue weighted by Gasteiger charge is -2.09. The summed E-state index contributed by atoms with van der Waals surface area (Å²) in [5, 5.41) is 13.7. The summed E-state index contributed by atoms with van der Waals surface area (Å²) >= 11 is 0. The predicted molar refractivity (Wildman–Crippen MR) is 62.8 cm³/mol. The Kier molecular flexibility index (Phi) is 4.72. The first-order chi connectivity index (χ1) is 7.65. The normalized spacial score (nSPS) is 10.1. The Bertz CT molecular complexity index is 366. The Morgan fingerprint density at radius 3 is 2.88 bits per heavy atom. The van der Waals surface area contributed by atoms with Crippen LogP contribution in [0.15, 0.2) is 18.2 Å². The number of aryl methyl sites for hydroxylation is 1. The van der Waals surface area contributed by atoms with Crippen LogP contribution in [0, 0.1) is 17.0 Å². The monoisotopic (exact) mass is 224 g/mol. The van der Waals surface area contributed by atoms with Gasteiger partial charge in [0.05, 0.1) is 11.5 Å². The van der Waals surface area contributed by atoms with Gasteiger partial charge in [-0.05, 0) is 19.4 Å². The minimum Gasteiger partial charge on any atom is -0.382 e. The first-order valence-corrected chi connectivity index (χ1v) is 5.21. The van der Waals surface area contributed by atoms with Crippen molar-refractivity contribution in [2.45, 2.75) is 13.8 Å². The summed E-state index contributed by atoms with van der Waals surface area (Å²) in [6.45, 7) is 5.76. The lowest BCUT2D eigenvalue weighted by atomic mass is 10.2. The van der Waals surface area contributed by atoms with E-state index in [0.29, 0.717) is 19.8 Å². The van der Waals surface area contributed by atoms with Crippen LogP contribution in [0.1, 0.15) is 12.5 Å². The number of ether oxygens (including phenoxy) is 1. The molecule has 0 fully saturated rings. The van der Waals surface area contributed by atoms with Crippen LogP contribution in [0.4, 0.5) is 11.4 Å². The number of benzene rings is 1. The van der Waals surface area contributed by atoms with Crippen LogP contribution >= 0.6 is 0 Å². The largest absolute Gasteiger partial charge is 0.382 e. The zero-order valence-electron chi connectivity index (χ0n) is 9.53. The van der Waals surface area contributed by atoms with Crippen molar-refractivity contribution in [2.24, 2.45) is 0 Å². The molecule has 0 unspecified atom stereocenters. The molecule has 0 atom stereocenters. The van der Waals surface area contributed by atoms with E-state index < -0.39 is 4.92 Å². The van der Waals surface area contributed by atoms with Gasteiger partial charge in [0, 0.05) is 31.0 Å². The lowest BCUT2D eigenvalue weighted by molar-refractivity contribution is -0.384. The molecule has 0 spiro atoms. The molecule has 5 nitrogen and oxygen atoms in total. The van der Waals surface area contributed by atoms with Gasteiger partial charge >= 0.3 is 0 Å². The summed E-state index contributed by atoms with van der Waals surface area (Å²) in [6, 6.07) is 4.78. The van der Waals surface area contributed by atoms with Crippen molar-refractivity contribution in [3.63, 3.8) is 0 Å². The number of nitrogens with one attached hydrogen (secondary N) is 1. The zero-order valence-corrected chi connectivity index (χ0v) is 9.53. The highest BCUT2D eigenvalue weighted by atomic mass is 16.6. The topological polar surface area (TPSA) is 64.4 Å². The second-order valence-corrected chi connectivity index (χ2v) is 3.38. The maximum absolute atomic E-state index is 10.6. The van der Waals surface area contributed by atoms with Crippen LogP contribution < -0.4 is 5.32 Å². The highest BCUT2D eigenvalue weighted by molar-refractivity contribution is 5.56. The number of anilines is 1. The average molecular weight is 224 g/mol. The number of nitro benzene ring substituents is 1. The molecule has 0 saturated carbocycles. The van der Waals surface area contributed by atoms with Crippen LogP contribution in [0.3, 0.4) is 0 Å². The molecular weight excluding hydrogens is 208 g/mol. The molecule has 1 rings (SSSR count). The smallest absolute Gasteiger partial charge is 0.271 e. The third-order valence-corrected chi connectivity index (χ3v) is 2.20. The van der Waals surface area contributed by atoms with Crippen LogP contribution in [-0.4, -0.2) is 24.7 Å². The zero-order chi connectivity index (χ0) is 12.0. The van der Waals surface area contributed by atoms with Gasteiger partial charge in [-0.1, -0.05) is 6.07 Å². The number of rotatable bonds is 6. The summed E-state index contributed by atoms with van der Waals surface area (Å²) in [6.07, 6.45) is 0. The van der Waals surface area contributed by atoms with Gasteiger partial charge in [-0.15, -0.1) is 0 Å². The molecule has 16 heavy (non-hydrogen) atoms. The standard InChI is InChI=1S/C11H16N2O3/c1-3-16-7-6-12-11-8-10(13(14)15)5-4-9(11)2/h4-5,8,12H,3,6-7H2,1-2H3. The van der Waals surface area contributed by atoms with Crippen LogP contribution in [-0.2, 0) is 4.74 Å². The third kappa shape index (κ3) is 3.51. The minimum atomic E-state index is -0.396. The van der Waals surface area contributed by atoms with Crippen LogP contribution in [0.5, 0.6) is 0 Å². The number of hydrogen-bond donors (Lipinski definition) is 1. The quantitative estimate of drug-likeness (QED) is 0.457. The van der Waals surface area contributed by atoms with E-state index in [0.717, 1.165) is 11.3 Å². The summed E-state index contributed by atoms with van der Waals surface area (Å²) < 4.78 is 5.18. The van der Waals surface area contributed by atoms with E-state index in [2.05, 4.69) is 5.32 Å². The molecule has 0 heterocycles. The Labute approximate surface area is 94.6 Å². The predicted octanol–water partition coefficient (Wildman–Crippen LogP) is 2.35. The van der Waals surface area contributed by atoms with Crippen molar-refractivity contribution >= 4 is 11.4 Å². The molecule has 5 heteroatoms. The lowest BCUT2D eigenvalue weighted by Crippen LogP contribution is -2.10. The fraction of sp³-hybridized carbons (Fsp3) is 0.455. The molecule has 0 aliphatic heterocycles. The molecule has 0 aliphatic carbocycles. The number of non-ortho nitro benzene ring substituents is 1. The molecule has 1 aromatic carbocycles. The van der Waals surface area contributed by atoms with Gasteiger partial charge in [-0.25, -0.2) is 0 Å². The van der Waals surface area contributed by atoms with E-state index in [1.165, 1.54) is 6.07 Å². The molecule has 0 aromatic heterocycles. The third-order valence-electron chi connectivity index (χ3n) is 2.20. The van der Waals surface area contributed by atoms with Crippen molar-refractivity contribution < 1.29 is 9.66 Å². The Morgan fingerprint density at radius 1 is 1.50 bits per heavy atom. The maximum Gasteiger partial charge on any atom is 0.271 e. The average Bonchev–Trinajstić information content (AvgIpc) is 2.26. The molecular formula is C11H16N2O3. The van der Waals surface area contributed by atoms with E-state index in [-0.39, 0.29) is 5.69 Å². The Hall–Kier alpha value is -1.62. The van der Waals surface area contributed by atoms with Crippen molar-refractivity contribution in [2.75, 3.05) is 25.1 Å². The van der Waals surface area contributed by atoms with Crippen molar-refractivity contribution in [1.82, 2.24) is 0 Å². The first-order valence-electron chi connectivity index (χ1n) is 5.21. The van der Waals surface area contributed by atoms with Gasteiger partial charge in [0.1, 0.15) is 0 Å². The Morgan fingerprint density at radius 2 is 2.25 bits per heavy atom. The van der Waals surface area contributed by atoms with E-state index in [1.54, 1.807) is 12.1 Å². The second-order valence-electron chi connectivity index (χ2n) is 3.38. The van der Waals surface area contributed by atoms with Gasteiger partial charge in [0.25, 0.3) is 5.69 Å². The van der Waals surface area contributed by atoms with E-state index >= 15 is 0 Å². The SMILES string of the molecule is CCOCCNc1cc([N+](=O)[O-])ccc1C. The molecule has 0 bridgehead atoms. The van der Waals surface area contributed by atoms with Gasteiger partial charge in [0.2, 0.25) is 0 Å². The van der Waals surface area contributed by atoms with E-state index in [9.17, 15) is 10.1 Å². The molecule has 0 aliphatic rings. The van der Waals surface area contributed by atoms with Crippen molar-refractivity contribution in [1.29, 1.82) is 0 Å². The highest BCUT2D eigenvalue weighted by Gasteiger charge is 2.07.